The molecule has 0 fully saturated rings. The summed E-state index contributed by atoms with van der Waals surface area (Å²) in [5.74, 6) is 0.647. The summed E-state index contributed by atoms with van der Waals surface area (Å²) in [5, 5.41) is 10.3. The number of guanidine groups is 1. The van der Waals surface area contributed by atoms with Gasteiger partial charge in [0.05, 0.1) is 18.3 Å². The number of rotatable bonds is 7. The Labute approximate surface area is 198 Å². The number of halogens is 4. The van der Waals surface area contributed by atoms with E-state index >= 15 is 0 Å². The first-order valence-electron chi connectivity index (χ1n) is 9.87. The molecule has 2 aromatic rings. The highest BCUT2D eigenvalue weighted by Crippen LogP contribution is 2.35. The molecule has 0 bridgehead atoms. The van der Waals surface area contributed by atoms with Gasteiger partial charge in [-0.1, -0.05) is 6.07 Å². The molecule has 0 aliphatic heterocycles. The molecule has 6 nitrogen and oxygen atoms in total. The van der Waals surface area contributed by atoms with Crippen LogP contribution in [0.1, 0.15) is 44.4 Å². The Hall–Kier alpha value is -1.98. The standard InChI is InChI=1S/C21H30F3N5O.HI/c1-6-25-19(26-10-9-15-12-28-29(5)14-15)27-13-16-7-8-17(30-20(2,3)4)11-18(16)21(22,23)24;/h7-8,11-12,14H,6,9-10,13H2,1-5H3,(H2,25,26,27);1H. The quantitative estimate of drug-likeness (QED) is 0.301. The molecule has 1 aromatic carbocycles. The molecule has 1 heterocycles. The summed E-state index contributed by atoms with van der Waals surface area (Å²) in [6.07, 6.45) is -0.0653. The highest BCUT2D eigenvalue weighted by atomic mass is 127. The van der Waals surface area contributed by atoms with Gasteiger partial charge in [0.1, 0.15) is 11.4 Å². The highest BCUT2D eigenvalue weighted by Gasteiger charge is 2.34. The van der Waals surface area contributed by atoms with Gasteiger partial charge in [0.2, 0.25) is 0 Å². The lowest BCUT2D eigenvalue weighted by Crippen LogP contribution is -2.38. The highest BCUT2D eigenvalue weighted by molar-refractivity contribution is 14.0. The number of hydrogen-bond acceptors (Lipinski definition) is 3. The summed E-state index contributed by atoms with van der Waals surface area (Å²) in [5.41, 5.74) is -0.166. The topological polar surface area (TPSA) is 63.5 Å². The Morgan fingerprint density at radius 2 is 1.90 bits per heavy atom. The lowest BCUT2D eigenvalue weighted by molar-refractivity contribution is -0.138. The molecule has 31 heavy (non-hydrogen) atoms. The fourth-order valence-electron chi connectivity index (χ4n) is 2.81. The van der Waals surface area contributed by atoms with E-state index in [9.17, 15) is 13.2 Å². The second-order valence-electron chi connectivity index (χ2n) is 7.93. The summed E-state index contributed by atoms with van der Waals surface area (Å²) in [6.45, 7) is 8.35. The molecule has 174 valence electrons. The van der Waals surface area contributed by atoms with Crippen LogP contribution in [0.4, 0.5) is 13.2 Å². The van der Waals surface area contributed by atoms with Crippen LogP contribution in [0.25, 0.3) is 0 Å². The lowest BCUT2D eigenvalue weighted by Gasteiger charge is -2.22. The van der Waals surface area contributed by atoms with E-state index in [1.165, 1.54) is 6.07 Å². The molecule has 0 atom stereocenters. The van der Waals surface area contributed by atoms with Crippen molar-refractivity contribution in [1.82, 2.24) is 20.4 Å². The number of alkyl halides is 3. The van der Waals surface area contributed by atoms with Crippen LogP contribution in [0.2, 0.25) is 0 Å². The first-order valence-corrected chi connectivity index (χ1v) is 9.87. The zero-order chi connectivity index (χ0) is 22.4. The molecule has 0 amide bonds. The number of aryl methyl sites for hydroxylation is 1. The van der Waals surface area contributed by atoms with E-state index in [0.29, 0.717) is 19.0 Å². The molecular weight excluding hydrogens is 522 g/mol. The first-order chi connectivity index (χ1) is 14.0. The SMILES string of the molecule is CCNC(=NCc1ccc(OC(C)(C)C)cc1C(F)(F)F)NCCc1cnn(C)c1.I. The van der Waals surface area contributed by atoms with Crippen LogP contribution >= 0.6 is 24.0 Å². The summed E-state index contributed by atoms with van der Waals surface area (Å²) in [6, 6.07) is 4.01. The van der Waals surface area contributed by atoms with E-state index in [4.69, 9.17) is 4.74 Å². The molecule has 10 heteroatoms. The van der Waals surface area contributed by atoms with E-state index < -0.39 is 17.3 Å². The van der Waals surface area contributed by atoms with Crippen LogP contribution in [-0.4, -0.2) is 34.4 Å². The van der Waals surface area contributed by atoms with Crippen LogP contribution in [0.5, 0.6) is 5.75 Å². The summed E-state index contributed by atoms with van der Waals surface area (Å²) < 4.78 is 48.1. The van der Waals surface area contributed by atoms with E-state index in [0.717, 1.165) is 18.1 Å². The number of aliphatic imine (C=N–C) groups is 1. The fourth-order valence-corrected chi connectivity index (χ4v) is 2.81. The van der Waals surface area contributed by atoms with Crippen molar-refractivity contribution < 1.29 is 17.9 Å². The zero-order valence-electron chi connectivity index (χ0n) is 18.5. The van der Waals surface area contributed by atoms with E-state index in [2.05, 4.69) is 20.7 Å². The second kappa shape index (κ2) is 11.6. The Kier molecular flexibility index (Phi) is 10.1. The average molecular weight is 553 g/mol. The number of ether oxygens (including phenoxy) is 1. The summed E-state index contributed by atoms with van der Waals surface area (Å²) in [7, 11) is 1.85. The van der Waals surface area contributed by atoms with Gasteiger partial charge in [-0.2, -0.15) is 18.3 Å². The monoisotopic (exact) mass is 553 g/mol. The summed E-state index contributed by atoms with van der Waals surface area (Å²) in [4.78, 5) is 4.33. The molecule has 0 aliphatic carbocycles. The molecule has 2 N–H and O–H groups in total. The van der Waals surface area contributed by atoms with Gasteiger partial charge in [-0.15, -0.1) is 24.0 Å². The van der Waals surface area contributed by atoms with Crippen molar-refractivity contribution in [1.29, 1.82) is 0 Å². The van der Waals surface area contributed by atoms with Crippen molar-refractivity contribution in [2.45, 2.75) is 52.4 Å². The Balaban J connectivity index is 0.00000480. The maximum absolute atomic E-state index is 13.6. The normalized spacial score (nSPS) is 12.3. The van der Waals surface area contributed by atoms with Crippen LogP contribution in [0.15, 0.2) is 35.6 Å². The molecule has 0 spiro atoms. The average Bonchev–Trinajstić information content (AvgIpc) is 3.03. The number of nitrogens with zero attached hydrogens (tertiary/aromatic N) is 3. The molecule has 0 unspecified atom stereocenters. The van der Waals surface area contributed by atoms with E-state index in [-0.39, 0.29) is 41.8 Å². The van der Waals surface area contributed by atoms with E-state index in [1.54, 1.807) is 37.7 Å². The van der Waals surface area contributed by atoms with Crippen molar-refractivity contribution in [2.24, 2.45) is 12.0 Å². The first kappa shape index (κ1) is 27.1. The number of nitrogens with one attached hydrogen (secondary N) is 2. The van der Waals surface area contributed by atoms with Crippen LogP contribution in [-0.2, 0) is 26.2 Å². The van der Waals surface area contributed by atoms with Crippen molar-refractivity contribution in [3.8, 4) is 5.75 Å². The summed E-state index contributed by atoms with van der Waals surface area (Å²) >= 11 is 0. The van der Waals surface area contributed by atoms with Gasteiger partial charge in [-0.25, -0.2) is 4.99 Å². The molecule has 1 aromatic heterocycles. The minimum atomic E-state index is -4.49. The van der Waals surface area contributed by atoms with Gasteiger partial charge < -0.3 is 15.4 Å². The van der Waals surface area contributed by atoms with Crippen molar-refractivity contribution in [2.75, 3.05) is 13.1 Å². The maximum Gasteiger partial charge on any atom is 0.416 e. The van der Waals surface area contributed by atoms with Crippen LogP contribution in [0, 0.1) is 0 Å². The lowest BCUT2D eigenvalue weighted by atomic mass is 10.1. The zero-order valence-corrected chi connectivity index (χ0v) is 20.8. The minimum Gasteiger partial charge on any atom is -0.488 e. The smallest absolute Gasteiger partial charge is 0.416 e. The van der Waals surface area contributed by atoms with Crippen molar-refractivity contribution in [3.63, 3.8) is 0 Å². The van der Waals surface area contributed by atoms with E-state index in [1.807, 2.05) is 20.2 Å². The maximum atomic E-state index is 13.6. The predicted molar refractivity (Wildman–Crippen MR) is 127 cm³/mol. The van der Waals surface area contributed by atoms with Crippen LogP contribution in [0.3, 0.4) is 0 Å². The Morgan fingerprint density at radius 1 is 1.19 bits per heavy atom. The van der Waals surface area contributed by atoms with Crippen molar-refractivity contribution >= 4 is 29.9 Å². The fraction of sp³-hybridized carbons (Fsp3) is 0.524. The second-order valence-corrected chi connectivity index (χ2v) is 7.93. The molecule has 0 saturated carbocycles. The van der Waals surface area contributed by atoms with Gasteiger partial charge in [0.15, 0.2) is 5.96 Å². The number of hydrogen-bond donors (Lipinski definition) is 2. The number of aromatic nitrogens is 2. The largest absolute Gasteiger partial charge is 0.488 e. The van der Waals surface area contributed by atoms with Gasteiger partial charge in [0, 0.05) is 26.3 Å². The Bertz CT molecular complexity index is 859. The minimum absolute atomic E-state index is 0. The van der Waals surface area contributed by atoms with Crippen LogP contribution < -0.4 is 15.4 Å². The molecule has 0 saturated heterocycles. The third-order valence-corrected chi connectivity index (χ3v) is 4.03. The third kappa shape index (κ3) is 9.36. The van der Waals surface area contributed by atoms with Gasteiger partial charge in [-0.05, 0) is 57.4 Å². The molecule has 0 aliphatic rings. The molecular formula is C21H31F3IN5O. The predicted octanol–water partition coefficient (Wildman–Crippen LogP) is 4.53. The van der Waals surface area contributed by atoms with Gasteiger partial charge in [0.25, 0.3) is 0 Å². The molecule has 2 rings (SSSR count). The van der Waals surface area contributed by atoms with Gasteiger partial charge >= 0.3 is 6.18 Å². The number of benzene rings is 1. The third-order valence-electron chi connectivity index (χ3n) is 4.03. The Morgan fingerprint density at radius 3 is 2.45 bits per heavy atom. The molecule has 0 radical (unpaired) electrons. The van der Waals surface area contributed by atoms with Gasteiger partial charge in [-0.3, -0.25) is 4.68 Å². The van der Waals surface area contributed by atoms with Crippen molar-refractivity contribution in [3.05, 3.63) is 47.3 Å².